The summed E-state index contributed by atoms with van der Waals surface area (Å²) in [4.78, 5) is 26.5. The van der Waals surface area contributed by atoms with Crippen LogP contribution in [0.2, 0.25) is 5.02 Å². The van der Waals surface area contributed by atoms with Gasteiger partial charge >= 0.3 is 0 Å². The van der Waals surface area contributed by atoms with E-state index in [1.54, 1.807) is 0 Å². The number of rotatable bonds is 3. The predicted molar refractivity (Wildman–Crippen MR) is 72.9 cm³/mol. The highest BCUT2D eigenvalue weighted by Gasteiger charge is 2.26. The summed E-state index contributed by atoms with van der Waals surface area (Å²) < 4.78 is 13.7. The Morgan fingerprint density at radius 1 is 1.25 bits per heavy atom. The fraction of sp³-hybridized carbons (Fsp3) is 0.385. The van der Waals surface area contributed by atoms with Gasteiger partial charge in [-0.25, -0.2) is 4.39 Å². The molecule has 1 aliphatic rings. The van der Waals surface area contributed by atoms with Gasteiger partial charge in [0.15, 0.2) is 0 Å². The first-order valence-electron chi connectivity index (χ1n) is 6.23. The molecule has 108 valence electrons. The lowest BCUT2D eigenvalue weighted by atomic mass is 10.1. The van der Waals surface area contributed by atoms with Crippen LogP contribution >= 0.6 is 11.6 Å². The number of nitrogens with zero attached hydrogens (tertiary/aromatic N) is 2. The van der Waals surface area contributed by atoms with Crippen LogP contribution in [0.15, 0.2) is 18.2 Å². The van der Waals surface area contributed by atoms with Crippen molar-refractivity contribution in [2.45, 2.75) is 0 Å². The number of amides is 2. The minimum absolute atomic E-state index is 0.0995. The second kappa shape index (κ2) is 6.19. The Morgan fingerprint density at radius 3 is 2.45 bits per heavy atom. The summed E-state index contributed by atoms with van der Waals surface area (Å²) >= 11 is 5.88. The minimum Gasteiger partial charge on any atom is -0.369 e. The van der Waals surface area contributed by atoms with E-state index in [4.69, 9.17) is 17.3 Å². The average Bonchev–Trinajstić information content (AvgIpc) is 2.38. The summed E-state index contributed by atoms with van der Waals surface area (Å²) in [7, 11) is 0. The van der Waals surface area contributed by atoms with Gasteiger partial charge in [-0.15, -0.1) is 0 Å². The quantitative estimate of drug-likeness (QED) is 0.894. The lowest BCUT2D eigenvalue weighted by molar-refractivity contribution is -0.119. The molecule has 0 spiro atoms. The van der Waals surface area contributed by atoms with Gasteiger partial charge < -0.3 is 10.6 Å². The van der Waals surface area contributed by atoms with E-state index in [1.807, 2.05) is 4.90 Å². The molecule has 2 N–H and O–H groups in total. The molecule has 0 radical (unpaired) electrons. The Kier molecular flexibility index (Phi) is 4.57. The van der Waals surface area contributed by atoms with Crippen LogP contribution in [0.5, 0.6) is 0 Å². The second-order valence-corrected chi connectivity index (χ2v) is 5.04. The van der Waals surface area contributed by atoms with Gasteiger partial charge in [0.2, 0.25) is 5.91 Å². The number of benzene rings is 1. The number of carbonyl (C=O) groups is 2. The summed E-state index contributed by atoms with van der Waals surface area (Å²) in [5.41, 5.74) is 5.02. The number of hydrogen-bond donors (Lipinski definition) is 1. The van der Waals surface area contributed by atoms with Crippen molar-refractivity contribution in [1.29, 1.82) is 0 Å². The Balaban J connectivity index is 2.04. The fourth-order valence-corrected chi connectivity index (χ4v) is 2.43. The van der Waals surface area contributed by atoms with E-state index in [1.165, 1.54) is 23.1 Å². The van der Waals surface area contributed by atoms with E-state index < -0.39 is 17.6 Å². The molecule has 0 aliphatic carbocycles. The van der Waals surface area contributed by atoms with Crippen molar-refractivity contribution in [3.8, 4) is 0 Å². The molecule has 20 heavy (non-hydrogen) atoms. The summed E-state index contributed by atoms with van der Waals surface area (Å²) in [6.07, 6.45) is 0. The standard InChI is InChI=1S/C13H15ClFN3O2/c14-9-2-1-3-10(15)12(9)13(20)18-6-4-17(5-7-18)8-11(16)19/h1-3H,4-8H2,(H2,16,19). The van der Waals surface area contributed by atoms with E-state index >= 15 is 0 Å². The van der Waals surface area contributed by atoms with E-state index in [2.05, 4.69) is 0 Å². The maximum Gasteiger partial charge on any atom is 0.258 e. The molecule has 2 rings (SSSR count). The van der Waals surface area contributed by atoms with Gasteiger partial charge in [0.1, 0.15) is 5.82 Å². The number of primary amides is 1. The highest BCUT2D eigenvalue weighted by molar-refractivity contribution is 6.33. The number of carbonyl (C=O) groups excluding carboxylic acids is 2. The zero-order valence-electron chi connectivity index (χ0n) is 10.8. The highest BCUT2D eigenvalue weighted by Crippen LogP contribution is 2.21. The van der Waals surface area contributed by atoms with Crippen molar-refractivity contribution in [2.75, 3.05) is 32.7 Å². The molecular weight excluding hydrogens is 285 g/mol. The Labute approximate surface area is 121 Å². The van der Waals surface area contributed by atoms with E-state index in [9.17, 15) is 14.0 Å². The molecule has 5 nitrogen and oxygen atoms in total. The largest absolute Gasteiger partial charge is 0.369 e. The molecule has 1 heterocycles. The Bertz CT molecular complexity index is 510. The third kappa shape index (κ3) is 3.26. The van der Waals surface area contributed by atoms with Crippen LogP contribution in [-0.2, 0) is 4.79 Å². The van der Waals surface area contributed by atoms with Gasteiger partial charge in [-0.1, -0.05) is 17.7 Å². The Hall–Kier alpha value is -1.66. The van der Waals surface area contributed by atoms with Gasteiger partial charge in [0, 0.05) is 26.2 Å². The molecule has 1 aromatic rings. The van der Waals surface area contributed by atoms with Gasteiger partial charge in [0.05, 0.1) is 17.1 Å². The van der Waals surface area contributed by atoms with Crippen molar-refractivity contribution in [2.24, 2.45) is 5.73 Å². The van der Waals surface area contributed by atoms with Crippen LogP contribution in [0.3, 0.4) is 0 Å². The molecule has 1 fully saturated rings. The molecule has 0 unspecified atom stereocenters. The number of piperazine rings is 1. The lowest BCUT2D eigenvalue weighted by Gasteiger charge is -2.34. The molecule has 1 aromatic carbocycles. The topological polar surface area (TPSA) is 66.6 Å². The average molecular weight is 300 g/mol. The molecule has 0 bridgehead atoms. The molecule has 0 atom stereocenters. The van der Waals surface area contributed by atoms with E-state index in [-0.39, 0.29) is 17.1 Å². The van der Waals surface area contributed by atoms with Crippen molar-refractivity contribution in [3.05, 3.63) is 34.6 Å². The summed E-state index contributed by atoms with van der Waals surface area (Å²) in [6, 6.07) is 4.16. The number of nitrogens with two attached hydrogens (primary N) is 1. The first-order chi connectivity index (χ1) is 9.49. The normalized spacial score (nSPS) is 16.2. The summed E-state index contributed by atoms with van der Waals surface area (Å²) in [5, 5.41) is 0.106. The molecule has 7 heteroatoms. The van der Waals surface area contributed by atoms with Crippen molar-refractivity contribution in [1.82, 2.24) is 9.80 Å². The van der Waals surface area contributed by atoms with Crippen molar-refractivity contribution >= 4 is 23.4 Å². The lowest BCUT2D eigenvalue weighted by Crippen LogP contribution is -2.50. The maximum atomic E-state index is 13.7. The summed E-state index contributed by atoms with van der Waals surface area (Å²) in [6.45, 7) is 2.05. The van der Waals surface area contributed by atoms with Gasteiger partial charge in [-0.3, -0.25) is 14.5 Å². The van der Waals surface area contributed by atoms with Crippen LogP contribution in [0, 0.1) is 5.82 Å². The molecule has 1 saturated heterocycles. The Morgan fingerprint density at radius 2 is 1.90 bits per heavy atom. The second-order valence-electron chi connectivity index (χ2n) is 4.63. The summed E-state index contributed by atoms with van der Waals surface area (Å²) in [5.74, 6) is -1.45. The molecular formula is C13H15ClFN3O2. The van der Waals surface area contributed by atoms with Crippen LogP contribution in [0.4, 0.5) is 4.39 Å². The van der Waals surface area contributed by atoms with Crippen LogP contribution in [-0.4, -0.2) is 54.3 Å². The first kappa shape index (κ1) is 14.7. The van der Waals surface area contributed by atoms with Crippen LogP contribution in [0.1, 0.15) is 10.4 Å². The molecule has 1 aliphatic heterocycles. The molecule has 0 aromatic heterocycles. The highest BCUT2D eigenvalue weighted by atomic mass is 35.5. The van der Waals surface area contributed by atoms with Crippen molar-refractivity contribution in [3.63, 3.8) is 0 Å². The maximum absolute atomic E-state index is 13.7. The van der Waals surface area contributed by atoms with Crippen LogP contribution < -0.4 is 5.73 Å². The van der Waals surface area contributed by atoms with E-state index in [0.717, 1.165) is 0 Å². The third-order valence-electron chi connectivity index (χ3n) is 3.22. The molecule has 2 amide bonds. The zero-order valence-corrected chi connectivity index (χ0v) is 11.6. The van der Waals surface area contributed by atoms with Crippen molar-refractivity contribution < 1.29 is 14.0 Å². The zero-order chi connectivity index (χ0) is 14.7. The SMILES string of the molecule is NC(=O)CN1CCN(C(=O)c2c(F)cccc2Cl)CC1. The monoisotopic (exact) mass is 299 g/mol. The first-order valence-corrected chi connectivity index (χ1v) is 6.61. The smallest absolute Gasteiger partial charge is 0.258 e. The third-order valence-corrected chi connectivity index (χ3v) is 3.53. The van der Waals surface area contributed by atoms with Gasteiger partial charge in [-0.2, -0.15) is 0 Å². The minimum atomic E-state index is -0.623. The van der Waals surface area contributed by atoms with Gasteiger partial charge in [-0.05, 0) is 12.1 Å². The fourth-order valence-electron chi connectivity index (χ4n) is 2.19. The molecule has 0 saturated carbocycles. The number of hydrogen-bond acceptors (Lipinski definition) is 3. The number of halogens is 2. The predicted octanol–water partition coefficient (Wildman–Crippen LogP) is 0.722. The van der Waals surface area contributed by atoms with Gasteiger partial charge in [0.25, 0.3) is 5.91 Å². The van der Waals surface area contributed by atoms with Crippen LogP contribution in [0.25, 0.3) is 0 Å². The van der Waals surface area contributed by atoms with E-state index in [0.29, 0.717) is 26.2 Å².